The first-order chi connectivity index (χ1) is 14.2. The summed E-state index contributed by atoms with van der Waals surface area (Å²) in [7, 11) is 0. The molecule has 2 heteroatoms. The highest BCUT2D eigenvalue weighted by molar-refractivity contribution is 5.77. The van der Waals surface area contributed by atoms with Crippen molar-refractivity contribution in [2.45, 2.75) is 96.8 Å². The summed E-state index contributed by atoms with van der Waals surface area (Å²) in [4.78, 5) is 12.0. The third-order valence-electron chi connectivity index (χ3n) is 5.73. The molecular formula is C27H43NO. The van der Waals surface area contributed by atoms with Crippen LogP contribution in [-0.2, 0) is 4.79 Å². The molecule has 0 saturated heterocycles. The number of hydrogen-bond donors (Lipinski definition) is 1. The summed E-state index contributed by atoms with van der Waals surface area (Å²) < 4.78 is 0. The van der Waals surface area contributed by atoms with Crippen molar-refractivity contribution in [1.82, 2.24) is 0 Å². The smallest absolute Gasteiger partial charge is 0.221 e. The Morgan fingerprint density at radius 1 is 0.862 bits per heavy atom. The molecule has 0 aliphatic carbocycles. The van der Waals surface area contributed by atoms with Crippen LogP contribution in [0.1, 0.15) is 102 Å². The van der Waals surface area contributed by atoms with Crippen LogP contribution in [-0.4, -0.2) is 5.91 Å². The van der Waals surface area contributed by atoms with Gasteiger partial charge in [-0.3, -0.25) is 4.79 Å². The maximum Gasteiger partial charge on any atom is 0.221 e. The number of nitrogens with two attached hydrogens (primary N) is 1. The Morgan fingerprint density at radius 3 is 2.07 bits per heavy atom. The molecule has 162 valence electrons. The molecule has 1 aromatic rings. The highest BCUT2D eigenvalue weighted by Crippen LogP contribution is 2.31. The van der Waals surface area contributed by atoms with E-state index in [9.17, 15) is 4.79 Å². The van der Waals surface area contributed by atoms with Crippen LogP contribution in [0.4, 0.5) is 0 Å². The van der Waals surface area contributed by atoms with E-state index in [1.54, 1.807) is 0 Å². The molecule has 29 heavy (non-hydrogen) atoms. The lowest BCUT2D eigenvalue weighted by molar-refractivity contribution is -0.122. The Labute approximate surface area is 179 Å². The van der Waals surface area contributed by atoms with E-state index in [1.165, 1.54) is 50.5 Å². The molecule has 0 spiro atoms. The molecule has 0 aromatic heterocycles. The Kier molecular flexibility index (Phi) is 14.8. The Hall–Kier alpha value is -1.83. The number of unbranched alkanes of at least 4 members (excludes halogenated alkanes) is 7. The monoisotopic (exact) mass is 397 g/mol. The second kappa shape index (κ2) is 17.1. The zero-order valence-electron chi connectivity index (χ0n) is 18.8. The largest absolute Gasteiger partial charge is 0.369 e. The molecule has 0 aliphatic heterocycles. The minimum Gasteiger partial charge on any atom is -0.369 e. The van der Waals surface area contributed by atoms with Crippen LogP contribution in [0.2, 0.25) is 0 Å². The lowest BCUT2D eigenvalue weighted by atomic mass is 9.80. The fraction of sp³-hybridized carbons (Fsp3) is 0.593. The Morgan fingerprint density at radius 2 is 1.48 bits per heavy atom. The van der Waals surface area contributed by atoms with Gasteiger partial charge in [0.2, 0.25) is 5.91 Å². The van der Waals surface area contributed by atoms with Gasteiger partial charge in [-0.2, -0.15) is 0 Å². The molecule has 1 aromatic carbocycles. The summed E-state index contributed by atoms with van der Waals surface area (Å²) in [6, 6.07) is 10.4. The normalized spacial score (nSPS) is 13.9. The predicted molar refractivity (Wildman–Crippen MR) is 127 cm³/mol. The molecule has 0 heterocycles. The van der Waals surface area contributed by atoms with E-state index in [0.29, 0.717) is 0 Å². The number of allylic oxidation sites excluding steroid dienone is 4. The molecular weight excluding hydrogens is 354 g/mol. The Bertz CT molecular complexity index is 575. The third kappa shape index (κ3) is 11.7. The van der Waals surface area contributed by atoms with E-state index < -0.39 is 0 Å². The molecule has 2 nitrogen and oxygen atoms in total. The van der Waals surface area contributed by atoms with Crippen molar-refractivity contribution in [3.05, 3.63) is 60.2 Å². The molecule has 2 N–H and O–H groups in total. The molecule has 1 amide bonds. The fourth-order valence-electron chi connectivity index (χ4n) is 3.99. The number of primary amides is 1. The van der Waals surface area contributed by atoms with Crippen LogP contribution in [0.5, 0.6) is 0 Å². The van der Waals surface area contributed by atoms with Gasteiger partial charge >= 0.3 is 0 Å². The minimum absolute atomic E-state index is 0.0496. The number of hydrogen-bond acceptors (Lipinski definition) is 1. The molecule has 0 fully saturated rings. The molecule has 0 radical (unpaired) electrons. The van der Waals surface area contributed by atoms with Gasteiger partial charge in [0.05, 0.1) is 0 Å². The standard InChI is InChI=1S/C27H43NO/c1-3-5-6-7-8-9-10-11-12-13-14-15-16-20-23-26(27(28)29)25(4-2)24-21-18-17-19-22-24/h8-9,11-12,17-19,21-22,25-26H,3-7,10,13-16,20,23H2,1-2H3,(H2,28,29)/b9-8-,12-11-. The topological polar surface area (TPSA) is 43.1 Å². The summed E-state index contributed by atoms with van der Waals surface area (Å²) >= 11 is 0. The summed E-state index contributed by atoms with van der Waals surface area (Å²) in [5.74, 6) is 0.0458. The summed E-state index contributed by atoms with van der Waals surface area (Å²) in [6.07, 6.45) is 23.2. The van der Waals surface area contributed by atoms with Crippen molar-refractivity contribution in [3.8, 4) is 0 Å². The van der Waals surface area contributed by atoms with E-state index in [1.807, 2.05) is 18.2 Å². The quantitative estimate of drug-likeness (QED) is 0.212. The Balaban J connectivity index is 2.18. The van der Waals surface area contributed by atoms with Gasteiger partial charge in [-0.1, -0.05) is 101 Å². The number of carbonyl (C=O) groups excluding carboxylic acids is 1. The van der Waals surface area contributed by atoms with Crippen molar-refractivity contribution in [2.24, 2.45) is 11.7 Å². The van der Waals surface area contributed by atoms with E-state index in [0.717, 1.165) is 32.1 Å². The van der Waals surface area contributed by atoms with Gasteiger partial charge in [0, 0.05) is 5.92 Å². The van der Waals surface area contributed by atoms with Crippen molar-refractivity contribution in [3.63, 3.8) is 0 Å². The number of benzene rings is 1. The molecule has 2 atom stereocenters. The van der Waals surface area contributed by atoms with Crippen molar-refractivity contribution < 1.29 is 4.79 Å². The van der Waals surface area contributed by atoms with Gasteiger partial charge < -0.3 is 5.73 Å². The lowest BCUT2D eigenvalue weighted by Crippen LogP contribution is -2.28. The highest BCUT2D eigenvalue weighted by atomic mass is 16.1. The zero-order chi connectivity index (χ0) is 21.2. The third-order valence-corrected chi connectivity index (χ3v) is 5.73. The average Bonchev–Trinajstić information content (AvgIpc) is 2.73. The lowest BCUT2D eigenvalue weighted by Gasteiger charge is -2.24. The van der Waals surface area contributed by atoms with Gasteiger partial charge in [-0.25, -0.2) is 0 Å². The van der Waals surface area contributed by atoms with Crippen molar-refractivity contribution in [1.29, 1.82) is 0 Å². The highest BCUT2D eigenvalue weighted by Gasteiger charge is 2.25. The first kappa shape index (κ1) is 25.2. The van der Waals surface area contributed by atoms with E-state index in [4.69, 9.17) is 5.73 Å². The average molecular weight is 398 g/mol. The fourth-order valence-corrected chi connectivity index (χ4v) is 3.99. The molecule has 0 saturated carbocycles. The van der Waals surface area contributed by atoms with E-state index >= 15 is 0 Å². The van der Waals surface area contributed by atoms with E-state index in [-0.39, 0.29) is 17.7 Å². The summed E-state index contributed by atoms with van der Waals surface area (Å²) in [5.41, 5.74) is 6.99. The van der Waals surface area contributed by atoms with Gasteiger partial charge in [0.25, 0.3) is 0 Å². The van der Waals surface area contributed by atoms with Gasteiger partial charge in [-0.15, -0.1) is 0 Å². The maximum atomic E-state index is 12.0. The van der Waals surface area contributed by atoms with Crippen LogP contribution < -0.4 is 5.73 Å². The van der Waals surface area contributed by atoms with E-state index in [2.05, 4.69) is 50.3 Å². The molecule has 1 rings (SSSR count). The summed E-state index contributed by atoms with van der Waals surface area (Å²) in [5, 5.41) is 0. The molecule has 0 bridgehead atoms. The second-order valence-electron chi connectivity index (χ2n) is 8.10. The van der Waals surface area contributed by atoms with Crippen LogP contribution in [0.15, 0.2) is 54.6 Å². The zero-order valence-corrected chi connectivity index (χ0v) is 18.8. The molecule has 2 unspecified atom stereocenters. The predicted octanol–water partition coefficient (Wildman–Crippen LogP) is 7.71. The SMILES string of the molecule is CCCCC/C=C\C/C=C\CCCCCCC(C(N)=O)C(CC)c1ccccc1. The number of rotatable bonds is 17. The van der Waals surface area contributed by atoms with Gasteiger partial charge in [0.15, 0.2) is 0 Å². The van der Waals surface area contributed by atoms with Crippen LogP contribution >= 0.6 is 0 Å². The summed E-state index contributed by atoms with van der Waals surface area (Å²) in [6.45, 7) is 4.40. The first-order valence-electron chi connectivity index (χ1n) is 11.8. The second-order valence-corrected chi connectivity index (χ2v) is 8.10. The van der Waals surface area contributed by atoms with Crippen LogP contribution in [0, 0.1) is 5.92 Å². The van der Waals surface area contributed by atoms with Crippen LogP contribution in [0.25, 0.3) is 0 Å². The van der Waals surface area contributed by atoms with Gasteiger partial charge in [0.1, 0.15) is 0 Å². The number of amides is 1. The minimum atomic E-state index is -0.147. The van der Waals surface area contributed by atoms with Gasteiger partial charge in [-0.05, 0) is 56.4 Å². The first-order valence-corrected chi connectivity index (χ1v) is 11.8. The number of carbonyl (C=O) groups is 1. The van der Waals surface area contributed by atoms with Crippen LogP contribution in [0.3, 0.4) is 0 Å². The maximum absolute atomic E-state index is 12.0. The van der Waals surface area contributed by atoms with Crippen molar-refractivity contribution >= 4 is 5.91 Å². The van der Waals surface area contributed by atoms with Crippen molar-refractivity contribution in [2.75, 3.05) is 0 Å². The molecule has 0 aliphatic rings.